The Balaban J connectivity index is 2.94. The highest BCUT2D eigenvalue weighted by molar-refractivity contribution is 6.74. The van der Waals surface area contributed by atoms with Gasteiger partial charge in [0.15, 0.2) is 0 Å². The maximum atomic E-state index is 5.52. The number of para-hydroxylation sites is 1. The highest BCUT2D eigenvalue weighted by Crippen LogP contribution is 2.18. The van der Waals surface area contributed by atoms with Crippen molar-refractivity contribution in [1.82, 2.24) is 0 Å². The molecule has 0 saturated heterocycles. The molecule has 1 nitrogen and oxygen atoms in total. The van der Waals surface area contributed by atoms with Crippen molar-refractivity contribution in [2.45, 2.75) is 38.3 Å². The summed E-state index contributed by atoms with van der Waals surface area (Å²) in [6.45, 7) is 9.32. The van der Waals surface area contributed by atoms with E-state index >= 15 is 0 Å². The van der Waals surface area contributed by atoms with E-state index in [1.54, 1.807) is 7.11 Å². The highest BCUT2D eigenvalue weighted by atomic mass is 27.2. The quantitative estimate of drug-likeness (QED) is 0.697. The molecule has 0 N–H and O–H groups in total. The molecular weight excluding hydrogens is 223 g/mol. The predicted molar refractivity (Wildman–Crippen MR) is 77.7 cm³/mol. The van der Waals surface area contributed by atoms with E-state index < -0.39 is 14.1 Å². The van der Waals surface area contributed by atoms with Gasteiger partial charge in [0.05, 0.1) is 7.11 Å². The van der Waals surface area contributed by atoms with E-state index in [1.807, 2.05) is 0 Å². The molecule has 2 heteroatoms. The van der Waals surface area contributed by atoms with Gasteiger partial charge in [-0.3, -0.25) is 0 Å². The van der Waals surface area contributed by atoms with E-state index in [4.69, 9.17) is 4.74 Å². The molecule has 0 radical (unpaired) electrons. The van der Waals surface area contributed by atoms with Gasteiger partial charge < -0.3 is 4.74 Å². The molecule has 0 aliphatic carbocycles. The Morgan fingerprint density at radius 3 is 2.00 bits per heavy atom. The summed E-state index contributed by atoms with van der Waals surface area (Å²) < 4.78 is 7.04. The number of rotatable bonds is 6. The number of hydrogen-bond donors (Lipinski definition) is 0. The summed E-state index contributed by atoms with van der Waals surface area (Å²) in [6.07, 6.45) is 0. The van der Waals surface area contributed by atoms with E-state index in [2.05, 4.69) is 52.0 Å². The second-order valence-corrected chi connectivity index (χ2v) is 8.66. The van der Waals surface area contributed by atoms with Crippen molar-refractivity contribution in [3.05, 3.63) is 24.3 Å². The van der Waals surface area contributed by atoms with E-state index in [0.29, 0.717) is 0 Å². The van der Waals surface area contributed by atoms with Crippen LogP contribution in [0, 0.1) is 11.8 Å². The Kier molecular flexibility index (Phi) is 6.09. The minimum Gasteiger partial charge on any atom is -0.498 e. The van der Waals surface area contributed by atoms with Crippen molar-refractivity contribution in [3.8, 4) is 5.75 Å². The lowest BCUT2D eigenvalue weighted by Crippen LogP contribution is -2.33. The minimum absolute atomic E-state index is 0.787. The van der Waals surface area contributed by atoms with E-state index in [0.717, 1.165) is 17.6 Å². The molecule has 1 aromatic carbocycles. The fraction of sp³-hybridized carbons (Fsp3) is 0.600. The van der Waals surface area contributed by atoms with Gasteiger partial charge in [0.2, 0.25) is 0 Å². The first-order valence-electron chi connectivity index (χ1n) is 6.67. The zero-order valence-corrected chi connectivity index (χ0v) is 13.0. The van der Waals surface area contributed by atoms with Gasteiger partial charge in [-0.25, -0.2) is 0 Å². The summed E-state index contributed by atoms with van der Waals surface area (Å²) in [5.41, 5.74) is 0. The van der Waals surface area contributed by atoms with Crippen LogP contribution in [0.15, 0.2) is 24.3 Å². The van der Waals surface area contributed by atoms with Gasteiger partial charge in [-0.1, -0.05) is 72.7 Å². The molecule has 0 aliphatic heterocycles. The lowest BCUT2D eigenvalue weighted by atomic mass is 10.3. The lowest BCUT2D eigenvalue weighted by molar-refractivity contribution is 0.418. The third-order valence-corrected chi connectivity index (χ3v) is 7.47. The van der Waals surface area contributed by atoms with Crippen LogP contribution in [0.2, 0.25) is 10.6 Å². The molecule has 0 spiro atoms. The lowest BCUT2D eigenvalue weighted by Gasteiger charge is -2.19. The van der Waals surface area contributed by atoms with Crippen LogP contribution in [0.25, 0.3) is 0 Å². The van der Waals surface area contributed by atoms with Crippen molar-refractivity contribution in [2.75, 3.05) is 7.11 Å². The maximum absolute atomic E-state index is 5.52. The van der Waals surface area contributed by atoms with Gasteiger partial charge >= 0.3 is 14.1 Å². The Bertz CT molecular complexity index is 323. The van der Waals surface area contributed by atoms with Crippen molar-refractivity contribution < 1.29 is 4.74 Å². The standard InChI is InChI=1S/C7H7O.2C4H9.Al/c1-8-7-5-3-2-4-6-7;2*1-4(2)3;/h2-5H,1H3;2*4H,1H2,2-3H3;. The first kappa shape index (κ1) is 14.6. The average molecular weight is 248 g/mol. The van der Waals surface area contributed by atoms with Crippen LogP contribution >= 0.6 is 0 Å². The number of ether oxygens (including phenoxy) is 1. The van der Waals surface area contributed by atoms with Gasteiger partial charge in [-0.05, 0) is 6.07 Å². The van der Waals surface area contributed by atoms with Crippen molar-refractivity contribution in [1.29, 1.82) is 0 Å². The largest absolute Gasteiger partial charge is 0.498 e. The SMILES string of the molecule is COc1cccc[c]1[Al]([CH2]C(C)C)[CH2]C(C)C. The first-order chi connectivity index (χ1) is 8.04. The third-order valence-electron chi connectivity index (χ3n) is 3.09. The zero-order chi connectivity index (χ0) is 12.8. The second kappa shape index (κ2) is 7.09. The molecule has 94 valence electrons. The Morgan fingerprint density at radius 2 is 1.53 bits per heavy atom. The zero-order valence-electron chi connectivity index (χ0n) is 11.9. The first-order valence-corrected chi connectivity index (χ1v) is 8.88. The molecule has 0 aliphatic rings. The average Bonchev–Trinajstić information content (AvgIpc) is 2.27. The van der Waals surface area contributed by atoms with Crippen LogP contribution in [-0.2, 0) is 0 Å². The summed E-state index contributed by atoms with van der Waals surface area (Å²) in [4.78, 5) is 0. The molecule has 0 atom stereocenters. The van der Waals surface area contributed by atoms with E-state index in [-0.39, 0.29) is 0 Å². The molecular formula is C15H25AlO. The van der Waals surface area contributed by atoms with Crippen LogP contribution in [0.3, 0.4) is 0 Å². The van der Waals surface area contributed by atoms with Crippen molar-refractivity contribution >= 4 is 18.6 Å². The molecule has 0 unspecified atom stereocenters. The van der Waals surface area contributed by atoms with Crippen LogP contribution in [-0.4, -0.2) is 21.3 Å². The molecule has 0 saturated carbocycles. The third kappa shape index (κ3) is 4.74. The van der Waals surface area contributed by atoms with Gasteiger partial charge in [0.1, 0.15) is 5.75 Å². The Morgan fingerprint density at radius 1 is 1.00 bits per heavy atom. The van der Waals surface area contributed by atoms with Crippen LogP contribution in [0.4, 0.5) is 0 Å². The van der Waals surface area contributed by atoms with Crippen LogP contribution in [0.5, 0.6) is 5.75 Å². The summed E-state index contributed by atoms with van der Waals surface area (Å²) in [5, 5.41) is 2.75. The summed E-state index contributed by atoms with van der Waals surface area (Å²) in [6, 6.07) is 8.60. The molecule has 0 aromatic heterocycles. The molecule has 1 rings (SSSR count). The molecule has 1 aromatic rings. The molecule has 0 fully saturated rings. The van der Waals surface area contributed by atoms with Crippen molar-refractivity contribution in [3.63, 3.8) is 0 Å². The Labute approximate surface area is 111 Å². The fourth-order valence-corrected chi connectivity index (χ4v) is 6.47. The normalized spacial score (nSPS) is 11.0. The summed E-state index contributed by atoms with van der Waals surface area (Å²) >= 11 is -0.890. The molecule has 0 bridgehead atoms. The second-order valence-electron chi connectivity index (χ2n) is 5.70. The summed E-state index contributed by atoms with van der Waals surface area (Å²) in [5.74, 6) is 2.68. The van der Waals surface area contributed by atoms with E-state index in [9.17, 15) is 0 Å². The number of methoxy groups -OCH3 is 1. The maximum Gasteiger partial charge on any atom is 0.312 e. The minimum atomic E-state index is -0.890. The van der Waals surface area contributed by atoms with Gasteiger partial charge in [-0.2, -0.15) is 0 Å². The van der Waals surface area contributed by atoms with Gasteiger partial charge in [-0.15, -0.1) is 0 Å². The summed E-state index contributed by atoms with van der Waals surface area (Å²) in [7, 11) is 1.79. The highest BCUT2D eigenvalue weighted by Gasteiger charge is 2.24. The smallest absolute Gasteiger partial charge is 0.312 e. The monoisotopic (exact) mass is 248 g/mol. The number of benzene rings is 1. The van der Waals surface area contributed by atoms with Crippen LogP contribution < -0.4 is 9.16 Å². The molecule has 0 amide bonds. The van der Waals surface area contributed by atoms with Crippen molar-refractivity contribution in [2.24, 2.45) is 11.8 Å². The topological polar surface area (TPSA) is 9.23 Å². The van der Waals surface area contributed by atoms with Gasteiger partial charge in [0, 0.05) is 0 Å². The predicted octanol–water partition coefficient (Wildman–Crippen LogP) is 3.71. The fourth-order valence-electron chi connectivity index (χ4n) is 2.49. The number of hydrogen-bond acceptors (Lipinski definition) is 1. The van der Waals surface area contributed by atoms with Gasteiger partial charge in [0.25, 0.3) is 0 Å². The van der Waals surface area contributed by atoms with E-state index in [1.165, 1.54) is 15.0 Å². The van der Waals surface area contributed by atoms with Crippen LogP contribution in [0.1, 0.15) is 27.7 Å². The molecule has 0 heterocycles. The molecule has 17 heavy (non-hydrogen) atoms. The Hall–Kier alpha value is -0.448.